The van der Waals surface area contributed by atoms with Crippen molar-refractivity contribution in [1.29, 1.82) is 0 Å². The van der Waals surface area contributed by atoms with Gasteiger partial charge in [-0.1, -0.05) is 18.2 Å². The molecule has 0 aliphatic rings. The average molecular weight is 294 g/mol. The zero-order valence-corrected chi connectivity index (χ0v) is 9.23. The quantitative estimate of drug-likeness (QED) is 0.786. The standard InChI is InChI=1S/C6H7NO2S.ClH.Ru/c7-10(8,9)6-4-2-1-3-5-6;;/h1-5H,(H2,7,8,9);1H;/q;;+1/p-1. The Morgan fingerprint density at radius 1 is 1.17 bits per heavy atom. The van der Waals surface area contributed by atoms with Gasteiger partial charge < -0.3 is 0 Å². The second-order valence-corrected chi connectivity index (χ2v) is 3.42. The van der Waals surface area contributed by atoms with Gasteiger partial charge in [0.2, 0.25) is 10.0 Å². The van der Waals surface area contributed by atoms with Crippen molar-refractivity contribution in [3.63, 3.8) is 0 Å². The first-order valence-corrected chi connectivity index (χ1v) is 6.60. The minimum absolute atomic E-state index is 0.148. The summed E-state index contributed by atoms with van der Waals surface area (Å²) in [6.45, 7) is 0. The Labute approximate surface area is 85.7 Å². The molecule has 0 atom stereocenters. The van der Waals surface area contributed by atoms with E-state index >= 15 is 0 Å². The summed E-state index contributed by atoms with van der Waals surface area (Å²) in [5, 5.41) is 4.83. The van der Waals surface area contributed by atoms with Crippen molar-refractivity contribution in [2.45, 2.75) is 4.90 Å². The molecule has 0 amide bonds. The van der Waals surface area contributed by atoms with Crippen LogP contribution in [0.25, 0.3) is 0 Å². The molecule has 0 saturated carbocycles. The third kappa shape index (κ3) is 4.16. The monoisotopic (exact) mass is 294 g/mol. The number of nitrogens with two attached hydrogens (primary N) is 1. The second kappa shape index (κ2) is 5.65. The number of primary sulfonamides is 1. The summed E-state index contributed by atoms with van der Waals surface area (Å²) in [4.78, 5) is 0.148. The molecule has 0 bridgehead atoms. The Morgan fingerprint density at radius 3 is 1.83 bits per heavy atom. The van der Waals surface area contributed by atoms with Crippen molar-refractivity contribution in [2.24, 2.45) is 5.14 Å². The Hall–Kier alpha value is 0.0434. The molecule has 12 heavy (non-hydrogen) atoms. The van der Waals surface area contributed by atoms with E-state index in [1.165, 1.54) is 12.1 Å². The molecule has 69 valence electrons. The van der Waals surface area contributed by atoms with Gasteiger partial charge in [-0.3, -0.25) is 0 Å². The van der Waals surface area contributed by atoms with Crippen LogP contribution in [0.15, 0.2) is 35.2 Å². The van der Waals surface area contributed by atoms with Crippen LogP contribution in [0.3, 0.4) is 0 Å². The molecule has 0 heterocycles. The van der Waals surface area contributed by atoms with Crippen LogP contribution in [-0.4, -0.2) is 8.42 Å². The Morgan fingerprint density at radius 2 is 1.58 bits per heavy atom. The second-order valence-electron chi connectivity index (χ2n) is 1.86. The van der Waals surface area contributed by atoms with Crippen molar-refractivity contribution in [1.82, 2.24) is 0 Å². The Kier molecular flexibility index (Phi) is 5.67. The first-order valence-electron chi connectivity index (χ1n) is 2.82. The van der Waals surface area contributed by atoms with Crippen LogP contribution >= 0.6 is 9.69 Å². The number of hydrogen-bond acceptors (Lipinski definition) is 2. The number of hydrogen-bond donors (Lipinski definition) is 1. The fourth-order valence-corrected chi connectivity index (χ4v) is 1.15. The van der Waals surface area contributed by atoms with Crippen molar-refractivity contribution in [3.05, 3.63) is 30.3 Å². The van der Waals surface area contributed by atoms with Crippen LogP contribution in [0, 0.1) is 0 Å². The van der Waals surface area contributed by atoms with E-state index < -0.39 is 10.0 Å². The van der Waals surface area contributed by atoms with Crippen LogP contribution in [0.1, 0.15) is 0 Å². The van der Waals surface area contributed by atoms with E-state index in [-0.39, 0.29) is 4.90 Å². The van der Waals surface area contributed by atoms with E-state index in [1.54, 1.807) is 18.2 Å². The van der Waals surface area contributed by atoms with Crippen LogP contribution < -0.4 is 5.14 Å². The number of rotatable bonds is 1. The number of halogens is 1. The van der Waals surface area contributed by atoms with Gasteiger partial charge in [0, 0.05) is 0 Å². The molecule has 0 saturated heterocycles. The minimum atomic E-state index is -3.50. The maximum atomic E-state index is 10.6. The molecule has 1 aromatic rings. The molecule has 0 aliphatic carbocycles. The third-order valence-corrected chi connectivity index (χ3v) is 2.00. The molecule has 0 fully saturated rings. The van der Waals surface area contributed by atoms with Gasteiger partial charge >= 0.3 is 27.0 Å². The van der Waals surface area contributed by atoms with E-state index in [4.69, 9.17) is 5.14 Å². The van der Waals surface area contributed by atoms with Gasteiger partial charge in [0.1, 0.15) is 0 Å². The Balaban J connectivity index is 0.000000561. The van der Waals surface area contributed by atoms with Crippen molar-refractivity contribution < 1.29 is 25.7 Å². The molecule has 1 aromatic carbocycles. The summed E-state index contributed by atoms with van der Waals surface area (Å²) in [7, 11) is 1.07. The zero-order chi connectivity index (χ0) is 9.61. The van der Waals surface area contributed by atoms with E-state index in [9.17, 15) is 8.42 Å². The predicted molar refractivity (Wildman–Crippen MR) is 43.7 cm³/mol. The summed E-state index contributed by atoms with van der Waals surface area (Å²) in [5.41, 5.74) is 0. The van der Waals surface area contributed by atoms with Crippen LogP contribution in [0.4, 0.5) is 0 Å². The summed E-state index contributed by atoms with van der Waals surface area (Å²) < 4.78 is 21.2. The van der Waals surface area contributed by atoms with Crippen molar-refractivity contribution in [2.75, 3.05) is 0 Å². The van der Waals surface area contributed by atoms with E-state index in [1.807, 2.05) is 17.3 Å². The molecule has 1 rings (SSSR count). The zero-order valence-electron chi connectivity index (χ0n) is 5.92. The van der Waals surface area contributed by atoms with E-state index in [2.05, 4.69) is 9.69 Å². The molecule has 3 nitrogen and oxygen atoms in total. The average Bonchev–Trinajstić information content (AvgIpc) is 2.08. The first-order chi connectivity index (χ1) is 5.61. The van der Waals surface area contributed by atoms with Gasteiger partial charge in [0.05, 0.1) is 4.90 Å². The van der Waals surface area contributed by atoms with Gasteiger partial charge in [-0.2, -0.15) is 0 Å². The van der Waals surface area contributed by atoms with Crippen LogP contribution in [0.2, 0.25) is 0 Å². The van der Waals surface area contributed by atoms with E-state index in [0.717, 1.165) is 0 Å². The van der Waals surface area contributed by atoms with Gasteiger partial charge in [-0.25, -0.2) is 13.6 Å². The van der Waals surface area contributed by atoms with Crippen LogP contribution in [-0.2, 0) is 27.3 Å². The number of sulfonamides is 1. The Bertz CT molecular complexity index is 314. The van der Waals surface area contributed by atoms with Gasteiger partial charge in [0.25, 0.3) is 0 Å². The molecular weight excluding hydrogens is 287 g/mol. The normalized spacial score (nSPS) is 9.92. The van der Waals surface area contributed by atoms with E-state index in [0.29, 0.717) is 0 Å². The third-order valence-electron chi connectivity index (χ3n) is 1.07. The van der Waals surface area contributed by atoms with Crippen molar-refractivity contribution in [3.8, 4) is 0 Å². The fourth-order valence-electron chi connectivity index (χ4n) is 0.610. The SMILES string of the molecule is NS(=O)(=O)c1ccccc1.[Cl][Ru]. The van der Waals surface area contributed by atoms with Crippen LogP contribution in [0.5, 0.6) is 0 Å². The molecule has 6 heteroatoms. The fraction of sp³-hybridized carbons (Fsp3) is 0. The predicted octanol–water partition coefficient (Wildman–Crippen LogP) is 1.02. The van der Waals surface area contributed by atoms with Crippen molar-refractivity contribution >= 4 is 19.7 Å². The maximum absolute atomic E-state index is 10.6. The molecule has 0 unspecified atom stereocenters. The molecule has 0 aliphatic heterocycles. The van der Waals surface area contributed by atoms with Gasteiger partial charge in [-0.05, 0) is 12.1 Å². The summed E-state index contributed by atoms with van der Waals surface area (Å²) >= 11 is 1.82. The van der Waals surface area contributed by atoms with Gasteiger partial charge in [-0.15, -0.1) is 0 Å². The molecule has 0 aromatic heterocycles. The molecular formula is C6H7ClNO2RuS. The topological polar surface area (TPSA) is 60.2 Å². The molecule has 0 spiro atoms. The summed E-state index contributed by atoms with van der Waals surface area (Å²) in [6.07, 6.45) is 0. The molecule has 2 N–H and O–H groups in total. The first kappa shape index (κ1) is 12.0. The number of benzene rings is 1. The summed E-state index contributed by atoms with van der Waals surface area (Å²) in [6, 6.07) is 7.89. The van der Waals surface area contributed by atoms with Gasteiger partial charge in [0.15, 0.2) is 0 Å². The molecule has 0 radical (unpaired) electrons. The summed E-state index contributed by atoms with van der Waals surface area (Å²) in [5.74, 6) is 0.